The normalized spacial score (nSPS) is 24.6. The van der Waals surface area contributed by atoms with Gasteiger partial charge in [0.25, 0.3) is 0 Å². The summed E-state index contributed by atoms with van der Waals surface area (Å²) < 4.78 is 10.1. The predicted molar refractivity (Wildman–Crippen MR) is 61.3 cm³/mol. The predicted octanol–water partition coefficient (Wildman–Crippen LogP) is -0.235. The van der Waals surface area contributed by atoms with E-state index in [1.54, 1.807) is 7.11 Å². The number of nitrogens with one attached hydrogen (secondary N) is 2. The molecule has 1 rings (SSSR count). The summed E-state index contributed by atoms with van der Waals surface area (Å²) in [5, 5.41) is 6.10. The number of amides is 1. The van der Waals surface area contributed by atoms with Gasteiger partial charge in [-0.1, -0.05) is 0 Å². The molecule has 0 bridgehead atoms. The number of rotatable bonds is 7. The van der Waals surface area contributed by atoms with Gasteiger partial charge in [-0.3, -0.25) is 4.79 Å². The number of carbonyl (C=O) groups excluding carboxylic acids is 1. The summed E-state index contributed by atoms with van der Waals surface area (Å²) in [7, 11) is 1.64. The van der Waals surface area contributed by atoms with E-state index in [4.69, 9.17) is 9.47 Å². The van der Waals surface area contributed by atoms with Crippen molar-refractivity contribution >= 4 is 5.91 Å². The Kier molecular flexibility index (Phi) is 5.73. The summed E-state index contributed by atoms with van der Waals surface area (Å²) in [6.07, 6.45) is 0.906. The van der Waals surface area contributed by atoms with Gasteiger partial charge in [0.2, 0.25) is 5.91 Å². The summed E-state index contributed by atoms with van der Waals surface area (Å²) in [5.74, 6) is 0.118. The van der Waals surface area contributed by atoms with Crippen LogP contribution in [-0.4, -0.2) is 52.5 Å². The highest BCUT2D eigenvalue weighted by Crippen LogP contribution is 2.24. The molecule has 0 saturated carbocycles. The van der Waals surface area contributed by atoms with Crippen LogP contribution in [0.1, 0.15) is 13.3 Å². The average molecular weight is 230 g/mol. The van der Waals surface area contributed by atoms with E-state index in [0.29, 0.717) is 26.4 Å². The highest BCUT2D eigenvalue weighted by atomic mass is 16.5. The van der Waals surface area contributed by atoms with E-state index in [1.165, 1.54) is 0 Å². The maximum absolute atomic E-state index is 11.8. The maximum atomic E-state index is 11.8. The third-order valence-corrected chi connectivity index (χ3v) is 2.88. The molecule has 0 aromatic heterocycles. The number of hydrogen-bond acceptors (Lipinski definition) is 4. The molecule has 5 heteroatoms. The Hall–Kier alpha value is -0.650. The molecule has 0 aliphatic carbocycles. The molecule has 1 fully saturated rings. The van der Waals surface area contributed by atoms with Gasteiger partial charge in [-0.05, 0) is 19.9 Å². The molecule has 1 saturated heterocycles. The van der Waals surface area contributed by atoms with Crippen LogP contribution < -0.4 is 10.6 Å². The second-order valence-electron chi connectivity index (χ2n) is 4.35. The monoisotopic (exact) mass is 230 g/mol. The van der Waals surface area contributed by atoms with Crippen molar-refractivity contribution < 1.29 is 14.3 Å². The lowest BCUT2D eigenvalue weighted by Crippen LogP contribution is -2.41. The van der Waals surface area contributed by atoms with E-state index in [0.717, 1.165) is 19.5 Å². The van der Waals surface area contributed by atoms with Crippen LogP contribution in [0, 0.1) is 5.41 Å². The summed E-state index contributed by atoms with van der Waals surface area (Å²) in [5.41, 5.74) is -0.244. The molecule has 1 aliphatic rings. The van der Waals surface area contributed by atoms with E-state index in [1.807, 2.05) is 6.92 Å². The van der Waals surface area contributed by atoms with Crippen LogP contribution in [0.3, 0.4) is 0 Å². The van der Waals surface area contributed by atoms with Gasteiger partial charge in [-0.25, -0.2) is 0 Å². The Bertz CT molecular complexity index is 215. The molecule has 2 N–H and O–H groups in total. The van der Waals surface area contributed by atoms with Gasteiger partial charge in [0, 0.05) is 20.2 Å². The fourth-order valence-electron chi connectivity index (χ4n) is 1.71. The molecule has 1 atom stereocenters. The molecule has 5 nitrogen and oxygen atoms in total. The largest absolute Gasteiger partial charge is 0.382 e. The Labute approximate surface area is 96.9 Å². The highest BCUT2D eigenvalue weighted by Gasteiger charge is 2.35. The molecule has 94 valence electrons. The Morgan fingerprint density at radius 3 is 2.88 bits per heavy atom. The second kappa shape index (κ2) is 6.83. The Morgan fingerprint density at radius 2 is 2.25 bits per heavy atom. The lowest BCUT2D eigenvalue weighted by Gasteiger charge is -2.21. The molecule has 1 heterocycles. The first-order chi connectivity index (χ1) is 7.69. The standard InChI is InChI=1S/C11H22N2O3/c1-11(3-4-12-9-11)10(14)13-5-6-16-8-7-15-2/h12H,3-9H2,1-2H3,(H,13,14). The number of methoxy groups -OCH3 is 1. The summed E-state index contributed by atoms with van der Waals surface area (Å²) in [6.45, 7) is 5.96. The SMILES string of the molecule is COCCOCCNC(=O)C1(C)CCNC1. The first-order valence-electron chi connectivity index (χ1n) is 5.75. The lowest BCUT2D eigenvalue weighted by atomic mass is 9.89. The first kappa shape index (κ1) is 13.4. The number of ether oxygens (including phenoxy) is 2. The summed E-state index contributed by atoms with van der Waals surface area (Å²) in [6, 6.07) is 0. The fourth-order valence-corrected chi connectivity index (χ4v) is 1.71. The molecule has 1 unspecified atom stereocenters. The zero-order valence-electron chi connectivity index (χ0n) is 10.2. The van der Waals surface area contributed by atoms with Gasteiger partial charge in [-0.15, -0.1) is 0 Å². The fraction of sp³-hybridized carbons (Fsp3) is 0.909. The van der Waals surface area contributed by atoms with E-state index in [2.05, 4.69) is 10.6 Å². The minimum atomic E-state index is -0.244. The van der Waals surface area contributed by atoms with Crippen LogP contribution in [0.25, 0.3) is 0 Å². The summed E-state index contributed by atoms with van der Waals surface area (Å²) in [4.78, 5) is 11.8. The van der Waals surface area contributed by atoms with Crippen molar-refractivity contribution in [2.45, 2.75) is 13.3 Å². The topological polar surface area (TPSA) is 59.6 Å². The zero-order valence-corrected chi connectivity index (χ0v) is 10.2. The minimum absolute atomic E-state index is 0.118. The smallest absolute Gasteiger partial charge is 0.227 e. The molecule has 0 aromatic carbocycles. The van der Waals surface area contributed by atoms with Gasteiger partial charge in [0.15, 0.2) is 0 Å². The maximum Gasteiger partial charge on any atom is 0.227 e. The van der Waals surface area contributed by atoms with Crippen molar-refractivity contribution in [2.24, 2.45) is 5.41 Å². The molecule has 1 aliphatic heterocycles. The van der Waals surface area contributed by atoms with Crippen LogP contribution in [0.15, 0.2) is 0 Å². The van der Waals surface area contributed by atoms with Crippen molar-refractivity contribution in [2.75, 3.05) is 46.6 Å². The van der Waals surface area contributed by atoms with Gasteiger partial charge in [0.1, 0.15) is 0 Å². The number of carbonyl (C=O) groups is 1. The van der Waals surface area contributed by atoms with Crippen molar-refractivity contribution in [1.29, 1.82) is 0 Å². The summed E-state index contributed by atoms with van der Waals surface area (Å²) >= 11 is 0. The van der Waals surface area contributed by atoms with Crippen LogP contribution in [0.2, 0.25) is 0 Å². The van der Waals surface area contributed by atoms with E-state index < -0.39 is 0 Å². The van der Waals surface area contributed by atoms with Crippen molar-refractivity contribution in [3.05, 3.63) is 0 Å². The van der Waals surface area contributed by atoms with Gasteiger partial charge >= 0.3 is 0 Å². The Morgan fingerprint density at radius 1 is 1.44 bits per heavy atom. The van der Waals surface area contributed by atoms with Gasteiger partial charge in [0.05, 0.1) is 25.2 Å². The quantitative estimate of drug-likeness (QED) is 0.593. The van der Waals surface area contributed by atoms with Gasteiger partial charge < -0.3 is 20.1 Å². The Balaban J connectivity index is 2.06. The van der Waals surface area contributed by atoms with E-state index >= 15 is 0 Å². The van der Waals surface area contributed by atoms with Crippen LogP contribution in [0.5, 0.6) is 0 Å². The third kappa shape index (κ3) is 4.08. The third-order valence-electron chi connectivity index (χ3n) is 2.88. The first-order valence-corrected chi connectivity index (χ1v) is 5.75. The van der Waals surface area contributed by atoms with Crippen LogP contribution >= 0.6 is 0 Å². The van der Waals surface area contributed by atoms with Crippen LogP contribution in [0.4, 0.5) is 0 Å². The zero-order chi connectivity index (χ0) is 11.9. The van der Waals surface area contributed by atoms with E-state index in [9.17, 15) is 4.79 Å². The van der Waals surface area contributed by atoms with Crippen molar-refractivity contribution in [3.8, 4) is 0 Å². The lowest BCUT2D eigenvalue weighted by molar-refractivity contribution is -0.129. The van der Waals surface area contributed by atoms with Crippen molar-refractivity contribution in [1.82, 2.24) is 10.6 Å². The molecule has 16 heavy (non-hydrogen) atoms. The molecule has 0 spiro atoms. The van der Waals surface area contributed by atoms with Gasteiger partial charge in [-0.2, -0.15) is 0 Å². The molecule has 0 radical (unpaired) electrons. The molecule has 1 amide bonds. The van der Waals surface area contributed by atoms with Crippen LogP contribution in [-0.2, 0) is 14.3 Å². The highest BCUT2D eigenvalue weighted by molar-refractivity contribution is 5.82. The average Bonchev–Trinajstić information content (AvgIpc) is 2.71. The van der Waals surface area contributed by atoms with E-state index in [-0.39, 0.29) is 11.3 Å². The number of hydrogen-bond donors (Lipinski definition) is 2. The molecular formula is C11H22N2O3. The molecular weight excluding hydrogens is 208 g/mol. The molecule has 0 aromatic rings. The minimum Gasteiger partial charge on any atom is -0.382 e. The van der Waals surface area contributed by atoms with Crippen molar-refractivity contribution in [3.63, 3.8) is 0 Å². The second-order valence-corrected chi connectivity index (χ2v) is 4.35.